The molecule has 0 amide bonds. The van der Waals surface area contributed by atoms with Crippen molar-refractivity contribution in [2.75, 3.05) is 17.4 Å². The van der Waals surface area contributed by atoms with Gasteiger partial charge in [-0.2, -0.15) is 0 Å². The Kier molecular flexibility index (Phi) is 4.50. The van der Waals surface area contributed by atoms with E-state index in [0.29, 0.717) is 0 Å². The second-order valence-electron chi connectivity index (χ2n) is 4.94. The van der Waals surface area contributed by atoms with Crippen molar-refractivity contribution in [1.29, 1.82) is 0 Å². The Labute approximate surface area is 133 Å². The number of aliphatic hydroxyl groups is 1. The summed E-state index contributed by atoms with van der Waals surface area (Å²) in [6.45, 7) is 1.98. The van der Waals surface area contributed by atoms with Gasteiger partial charge in [-0.25, -0.2) is 0 Å². The molecule has 6 heteroatoms. The highest BCUT2D eigenvalue weighted by molar-refractivity contribution is 8.03. The van der Waals surface area contributed by atoms with Gasteiger partial charge in [-0.1, -0.05) is 17.8 Å². The summed E-state index contributed by atoms with van der Waals surface area (Å²) in [5, 5.41) is 20.9. The first kappa shape index (κ1) is 14.7. The fraction of sp³-hybridized carbons (Fsp3) is 0.188. The Balaban J connectivity index is 1.67. The largest absolute Gasteiger partial charge is 0.377 e. The fourth-order valence-corrected chi connectivity index (χ4v) is 3.08. The van der Waals surface area contributed by atoms with Gasteiger partial charge in [-0.05, 0) is 42.2 Å². The number of benzene rings is 1. The predicted molar refractivity (Wildman–Crippen MR) is 92.2 cm³/mol. The number of nitrogens with one attached hydrogen (secondary N) is 3. The molecule has 1 aromatic carbocycles. The van der Waals surface area contributed by atoms with E-state index < -0.39 is 0 Å². The molecule has 5 nitrogen and oxygen atoms in total. The Bertz CT molecular complexity index is 675. The molecule has 114 valence electrons. The van der Waals surface area contributed by atoms with Crippen LogP contribution in [0.25, 0.3) is 5.70 Å². The molecule has 22 heavy (non-hydrogen) atoms. The van der Waals surface area contributed by atoms with Gasteiger partial charge in [-0.15, -0.1) is 0 Å². The van der Waals surface area contributed by atoms with Crippen LogP contribution < -0.4 is 16.0 Å². The van der Waals surface area contributed by atoms with Crippen molar-refractivity contribution in [3.05, 3.63) is 59.3 Å². The van der Waals surface area contributed by atoms with E-state index in [2.05, 4.69) is 33.3 Å². The fourth-order valence-electron chi connectivity index (χ4n) is 2.21. The van der Waals surface area contributed by atoms with Gasteiger partial charge < -0.3 is 21.1 Å². The number of aryl methyl sites for hydroxylation is 1. The average molecular weight is 314 g/mol. The number of anilines is 2. The number of nitrogens with zero attached hydrogens (tertiary/aromatic N) is 1. The van der Waals surface area contributed by atoms with Crippen LogP contribution in [-0.2, 0) is 0 Å². The number of pyridine rings is 1. The standard InChI is InChI=1S/C16H18N4OS/c1-11-4-5-13(18-10-21)7-14(11)19-16-20-15(9-22-16)12-3-2-6-17-8-12/h2-9,16,18-21H,10H2,1H3. The van der Waals surface area contributed by atoms with Crippen molar-refractivity contribution in [1.82, 2.24) is 10.3 Å². The molecule has 3 rings (SSSR count). The molecule has 2 aromatic rings. The number of hydrogen-bond donors (Lipinski definition) is 4. The van der Waals surface area contributed by atoms with E-state index in [9.17, 15) is 0 Å². The molecule has 0 bridgehead atoms. The Morgan fingerprint density at radius 2 is 2.27 bits per heavy atom. The molecular weight excluding hydrogens is 296 g/mol. The highest BCUT2D eigenvalue weighted by atomic mass is 32.2. The van der Waals surface area contributed by atoms with Crippen LogP contribution in [0.15, 0.2) is 48.1 Å². The zero-order valence-electron chi connectivity index (χ0n) is 12.2. The number of rotatable bonds is 5. The molecule has 0 saturated carbocycles. The quantitative estimate of drug-likeness (QED) is 0.636. The minimum Gasteiger partial charge on any atom is -0.377 e. The van der Waals surface area contributed by atoms with E-state index in [4.69, 9.17) is 5.11 Å². The second-order valence-corrected chi connectivity index (χ2v) is 5.92. The van der Waals surface area contributed by atoms with Crippen LogP contribution in [0.1, 0.15) is 11.1 Å². The molecule has 0 saturated heterocycles. The monoisotopic (exact) mass is 314 g/mol. The van der Waals surface area contributed by atoms with Crippen LogP contribution in [0, 0.1) is 6.92 Å². The molecule has 0 spiro atoms. The average Bonchev–Trinajstić information content (AvgIpc) is 3.00. The van der Waals surface area contributed by atoms with E-state index in [0.717, 1.165) is 28.2 Å². The third-order valence-electron chi connectivity index (χ3n) is 3.39. The van der Waals surface area contributed by atoms with Gasteiger partial charge in [0, 0.05) is 29.3 Å². The van der Waals surface area contributed by atoms with Gasteiger partial charge in [0.1, 0.15) is 12.2 Å². The Morgan fingerprint density at radius 3 is 3.05 bits per heavy atom. The second kappa shape index (κ2) is 6.72. The molecule has 0 aliphatic carbocycles. The van der Waals surface area contributed by atoms with E-state index in [1.165, 1.54) is 0 Å². The van der Waals surface area contributed by atoms with Crippen LogP contribution in [0.4, 0.5) is 11.4 Å². The van der Waals surface area contributed by atoms with E-state index in [1.807, 2.05) is 36.5 Å². The summed E-state index contributed by atoms with van der Waals surface area (Å²) in [5.74, 6) is 0. The summed E-state index contributed by atoms with van der Waals surface area (Å²) >= 11 is 1.69. The lowest BCUT2D eigenvalue weighted by molar-refractivity contribution is 0.325. The maximum atomic E-state index is 8.96. The third-order valence-corrected chi connectivity index (χ3v) is 4.27. The van der Waals surface area contributed by atoms with Crippen LogP contribution in [0.2, 0.25) is 0 Å². The zero-order valence-corrected chi connectivity index (χ0v) is 13.0. The highest BCUT2D eigenvalue weighted by Crippen LogP contribution is 2.29. The molecule has 1 aliphatic rings. The van der Waals surface area contributed by atoms with Crippen molar-refractivity contribution >= 4 is 28.8 Å². The molecule has 1 aliphatic heterocycles. The van der Waals surface area contributed by atoms with Crippen molar-refractivity contribution in [3.63, 3.8) is 0 Å². The summed E-state index contributed by atoms with van der Waals surface area (Å²) < 4.78 is 0. The van der Waals surface area contributed by atoms with Crippen molar-refractivity contribution in [2.45, 2.75) is 12.4 Å². The van der Waals surface area contributed by atoms with Gasteiger partial charge in [0.25, 0.3) is 0 Å². The summed E-state index contributed by atoms with van der Waals surface area (Å²) in [7, 11) is 0. The van der Waals surface area contributed by atoms with Gasteiger partial charge in [-0.3, -0.25) is 4.98 Å². The number of thioether (sulfide) groups is 1. The SMILES string of the molecule is Cc1ccc(NCO)cc1NC1NC(c2cccnc2)=CS1. The minimum atomic E-state index is -0.0777. The molecule has 1 unspecified atom stereocenters. The summed E-state index contributed by atoms with van der Waals surface area (Å²) in [4.78, 5) is 4.14. The maximum absolute atomic E-state index is 8.96. The van der Waals surface area contributed by atoms with Crippen LogP contribution >= 0.6 is 11.8 Å². The van der Waals surface area contributed by atoms with Crippen molar-refractivity contribution in [3.8, 4) is 0 Å². The molecule has 1 atom stereocenters. The van der Waals surface area contributed by atoms with E-state index in [-0.39, 0.29) is 12.2 Å². The summed E-state index contributed by atoms with van der Waals surface area (Å²) in [6.07, 6.45) is 3.61. The van der Waals surface area contributed by atoms with Gasteiger partial charge in [0.2, 0.25) is 0 Å². The Morgan fingerprint density at radius 1 is 1.36 bits per heavy atom. The normalized spacial score (nSPS) is 16.8. The number of aromatic nitrogens is 1. The van der Waals surface area contributed by atoms with Crippen molar-refractivity contribution < 1.29 is 5.11 Å². The summed E-state index contributed by atoms with van der Waals surface area (Å²) in [6, 6.07) is 9.93. The molecule has 1 aromatic heterocycles. The molecule has 4 N–H and O–H groups in total. The molecular formula is C16H18N4OS. The number of aliphatic hydroxyl groups excluding tert-OH is 1. The Hall–Kier alpha value is -2.18. The predicted octanol–water partition coefficient (Wildman–Crippen LogP) is 2.78. The first-order valence-electron chi connectivity index (χ1n) is 7.01. The topological polar surface area (TPSA) is 69.2 Å². The van der Waals surface area contributed by atoms with Crippen LogP contribution in [-0.4, -0.2) is 22.3 Å². The minimum absolute atomic E-state index is 0.0679. The summed E-state index contributed by atoms with van der Waals surface area (Å²) in [5.41, 5.74) is 5.28. The lowest BCUT2D eigenvalue weighted by atomic mass is 10.2. The lowest BCUT2D eigenvalue weighted by Crippen LogP contribution is -2.28. The van der Waals surface area contributed by atoms with Crippen LogP contribution in [0.5, 0.6) is 0 Å². The molecule has 0 fully saturated rings. The smallest absolute Gasteiger partial charge is 0.149 e. The van der Waals surface area contributed by atoms with Gasteiger partial charge >= 0.3 is 0 Å². The van der Waals surface area contributed by atoms with Crippen LogP contribution in [0.3, 0.4) is 0 Å². The number of hydrogen-bond acceptors (Lipinski definition) is 6. The van der Waals surface area contributed by atoms with Gasteiger partial charge in [0.15, 0.2) is 0 Å². The third kappa shape index (κ3) is 3.35. The first-order chi connectivity index (χ1) is 10.8. The molecule has 0 radical (unpaired) electrons. The zero-order chi connectivity index (χ0) is 15.4. The first-order valence-corrected chi connectivity index (χ1v) is 7.95. The maximum Gasteiger partial charge on any atom is 0.149 e. The van der Waals surface area contributed by atoms with Crippen molar-refractivity contribution in [2.24, 2.45) is 0 Å². The van der Waals surface area contributed by atoms with E-state index in [1.54, 1.807) is 18.0 Å². The molecule has 2 heterocycles. The lowest BCUT2D eigenvalue weighted by Gasteiger charge is -2.18. The highest BCUT2D eigenvalue weighted by Gasteiger charge is 2.18. The van der Waals surface area contributed by atoms with E-state index >= 15 is 0 Å². The van der Waals surface area contributed by atoms with Gasteiger partial charge in [0.05, 0.1) is 5.70 Å².